The number of alkyl halides is 3. The second-order valence-corrected chi connectivity index (χ2v) is 7.95. The van der Waals surface area contributed by atoms with E-state index in [0.29, 0.717) is 16.5 Å². The van der Waals surface area contributed by atoms with E-state index in [9.17, 15) is 22.8 Å². The Hall–Kier alpha value is -2.35. The van der Waals surface area contributed by atoms with Gasteiger partial charge in [0.2, 0.25) is 5.91 Å². The number of hydrogen-bond acceptors (Lipinski definition) is 3. The van der Waals surface area contributed by atoms with Crippen LogP contribution in [0, 0.1) is 5.92 Å². The van der Waals surface area contributed by atoms with Crippen LogP contribution in [0.2, 0.25) is 0 Å². The first kappa shape index (κ1) is 19.4. The zero-order valence-electron chi connectivity index (χ0n) is 14.7. The van der Waals surface area contributed by atoms with Gasteiger partial charge in [0, 0.05) is 4.88 Å². The van der Waals surface area contributed by atoms with Crippen LogP contribution < -0.4 is 11.1 Å². The van der Waals surface area contributed by atoms with Gasteiger partial charge >= 0.3 is 6.18 Å². The molecule has 1 atom stereocenters. The summed E-state index contributed by atoms with van der Waals surface area (Å²) in [6.45, 7) is 2.12. The Morgan fingerprint density at radius 2 is 2.07 bits per heavy atom. The normalized spacial score (nSPS) is 16.7. The highest BCUT2D eigenvalue weighted by Crippen LogP contribution is 2.39. The van der Waals surface area contributed by atoms with E-state index in [1.165, 1.54) is 23.5 Å². The smallest absolute Gasteiger partial charge is 0.365 e. The van der Waals surface area contributed by atoms with Crippen LogP contribution in [0.15, 0.2) is 24.3 Å². The van der Waals surface area contributed by atoms with Crippen LogP contribution in [-0.2, 0) is 30.2 Å². The van der Waals surface area contributed by atoms with Crippen LogP contribution in [-0.4, -0.2) is 11.8 Å². The first-order chi connectivity index (χ1) is 12.6. The van der Waals surface area contributed by atoms with Gasteiger partial charge in [-0.2, -0.15) is 13.2 Å². The molecule has 1 heterocycles. The molecule has 2 aromatic rings. The summed E-state index contributed by atoms with van der Waals surface area (Å²) < 4.78 is 38.4. The number of fused-ring (bicyclic) bond motifs is 1. The fraction of sp³-hybridized carbons (Fsp3) is 0.368. The quantitative estimate of drug-likeness (QED) is 0.814. The van der Waals surface area contributed by atoms with Crippen LogP contribution in [0.5, 0.6) is 0 Å². The maximum absolute atomic E-state index is 12.8. The van der Waals surface area contributed by atoms with Gasteiger partial charge in [0.05, 0.1) is 17.5 Å². The van der Waals surface area contributed by atoms with Crippen molar-refractivity contribution >= 4 is 28.2 Å². The molecule has 1 aliphatic rings. The Labute approximate surface area is 158 Å². The molecule has 4 nitrogen and oxygen atoms in total. The molecular weight excluding hydrogens is 377 g/mol. The predicted octanol–water partition coefficient (Wildman–Crippen LogP) is 4.17. The number of nitrogens with one attached hydrogen (secondary N) is 1. The van der Waals surface area contributed by atoms with Crippen molar-refractivity contribution < 1.29 is 22.8 Å². The van der Waals surface area contributed by atoms with Gasteiger partial charge in [0.25, 0.3) is 5.91 Å². The number of carbonyl (C=O) groups is 2. The van der Waals surface area contributed by atoms with Gasteiger partial charge in [-0.3, -0.25) is 9.59 Å². The van der Waals surface area contributed by atoms with Crippen LogP contribution in [0.25, 0.3) is 0 Å². The van der Waals surface area contributed by atoms with E-state index >= 15 is 0 Å². The van der Waals surface area contributed by atoms with E-state index in [1.807, 2.05) is 0 Å². The number of benzene rings is 1. The van der Waals surface area contributed by atoms with Crippen molar-refractivity contribution in [2.45, 2.75) is 38.8 Å². The first-order valence-electron chi connectivity index (χ1n) is 8.55. The van der Waals surface area contributed by atoms with Crippen molar-refractivity contribution in [3.05, 3.63) is 51.4 Å². The number of halogens is 3. The maximum Gasteiger partial charge on any atom is 0.416 e. The minimum Gasteiger partial charge on any atom is -0.365 e. The highest BCUT2D eigenvalue weighted by Gasteiger charge is 2.31. The highest BCUT2D eigenvalue weighted by atomic mass is 32.1. The Balaban J connectivity index is 1.80. The molecule has 0 spiro atoms. The number of anilines is 1. The molecule has 0 saturated carbocycles. The number of primary amides is 1. The Bertz CT molecular complexity index is 890. The summed E-state index contributed by atoms with van der Waals surface area (Å²) in [5, 5.41) is 3.06. The largest absolute Gasteiger partial charge is 0.416 e. The maximum atomic E-state index is 12.8. The first-order valence-corrected chi connectivity index (χ1v) is 9.37. The molecule has 2 amide bonds. The third-order valence-corrected chi connectivity index (χ3v) is 5.80. The lowest BCUT2D eigenvalue weighted by atomic mass is 9.88. The average molecular weight is 396 g/mol. The van der Waals surface area contributed by atoms with Gasteiger partial charge in [0.1, 0.15) is 5.00 Å². The molecule has 27 heavy (non-hydrogen) atoms. The van der Waals surface area contributed by atoms with Crippen molar-refractivity contribution in [1.29, 1.82) is 0 Å². The molecule has 1 aromatic heterocycles. The van der Waals surface area contributed by atoms with E-state index in [0.717, 1.165) is 41.8 Å². The number of thiophene rings is 1. The average Bonchev–Trinajstić information content (AvgIpc) is 2.90. The zero-order chi connectivity index (χ0) is 19.8. The Kier molecular flexibility index (Phi) is 5.28. The van der Waals surface area contributed by atoms with Gasteiger partial charge in [-0.15, -0.1) is 11.3 Å². The molecule has 3 rings (SSSR count). The van der Waals surface area contributed by atoms with E-state index < -0.39 is 23.6 Å². The van der Waals surface area contributed by atoms with E-state index in [4.69, 9.17) is 5.73 Å². The third-order valence-electron chi connectivity index (χ3n) is 4.63. The summed E-state index contributed by atoms with van der Waals surface area (Å²) in [6, 6.07) is 4.65. The zero-order valence-corrected chi connectivity index (χ0v) is 15.5. The topological polar surface area (TPSA) is 72.2 Å². The summed E-state index contributed by atoms with van der Waals surface area (Å²) in [4.78, 5) is 25.3. The van der Waals surface area contributed by atoms with Crippen molar-refractivity contribution in [2.24, 2.45) is 11.7 Å². The number of amides is 2. The summed E-state index contributed by atoms with van der Waals surface area (Å²) in [5.41, 5.74) is 6.17. The van der Waals surface area contributed by atoms with Crippen LogP contribution in [0.4, 0.5) is 18.2 Å². The lowest BCUT2D eigenvalue weighted by Gasteiger charge is -2.18. The second-order valence-electron chi connectivity index (χ2n) is 6.84. The van der Waals surface area contributed by atoms with Gasteiger partial charge in [0.15, 0.2) is 0 Å². The fourth-order valence-corrected chi connectivity index (χ4v) is 4.75. The lowest BCUT2D eigenvalue weighted by molar-refractivity contribution is -0.137. The monoisotopic (exact) mass is 396 g/mol. The summed E-state index contributed by atoms with van der Waals surface area (Å²) in [6.07, 6.45) is -2.18. The minimum atomic E-state index is -4.46. The van der Waals surface area contributed by atoms with Crippen LogP contribution in [0.3, 0.4) is 0 Å². The van der Waals surface area contributed by atoms with Crippen molar-refractivity contribution in [3.63, 3.8) is 0 Å². The molecule has 0 radical (unpaired) electrons. The van der Waals surface area contributed by atoms with E-state index in [1.54, 1.807) is 0 Å². The molecule has 144 valence electrons. The molecule has 1 aliphatic carbocycles. The van der Waals surface area contributed by atoms with Gasteiger partial charge < -0.3 is 11.1 Å². The number of hydrogen-bond donors (Lipinski definition) is 2. The van der Waals surface area contributed by atoms with E-state index in [2.05, 4.69) is 12.2 Å². The molecule has 0 saturated heterocycles. The highest BCUT2D eigenvalue weighted by molar-refractivity contribution is 7.17. The molecule has 0 fully saturated rings. The number of nitrogens with two attached hydrogens (primary N) is 1. The molecule has 8 heteroatoms. The molecule has 0 bridgehead atoms. The molecular formula is C19H19F3N2O2S. The molecule has 3 N–H and O–H groups in total. The van der Waals surface area contributed by atoms with Crippen LogP contribution >= 0.6 is 11.3 Å². The SMILES string of the molecule is CC1CCc2c(sc(NC(=O)Cc3cccc(C(F)(F)F)c3)c2C(N)=O)C1. The van der Waals surface area contributed by atoms with E-state index in [-0.39, 0.29) is 12.0 Å². The Morgan fingerprint density at radius 3 is 2.74 bits per heavy atom. The molecule has 1 unspecified atom stereocenters. The summed E-state index contributed by atoms with van der Waals surface area (Å²) in [5.74, 6) is -0.592. The number of rotatable bonds is 4. The lowest BCUT2D eigenvalue weighted by Crippen LogP contribution is -2.20. The van der Waals surface area contributed by atoms with Crippen molar-refractivity contribution in [2.75, 3.05) is 5.32 Å². The van der Waals surface area contributed by atoms with Crippen LogP contribution in [0.1, 0.15) is 45.3 Å². The second kappa shape index (κ2) is 7.34. The van der Waals surface area contributed by atoms with Gasteiger partial charge in [-0.05, 0) is 42.4 Å². The standard InChI is InChI=1S/C19H19F3N2O2S/c1-10-5-6-13-14(7-10)27-18(16(13)17(23)26)24-15(25)9-11-3-2-4-12(8-11)19(20,21)22/h2-4,8,10H,5-7,9H2,1H3,(H2,23,26)(H,24,25). The molecule has 0 aliphatic heterocycles. The van der Waals surface area contributed by atoms with Crippen molar-refractivity contribution in [1.82, 2.24) is 0 Å². The number of carbonyl (C=O) groups excluding carboxylic acids is 2. The molecule has 1 aromatic carbocycles. The summed E-state index contributed by atoms with van der Waals surface area (Å²) in [7, 11) is 0. The van der Waals surface area contributed by atoms with Crippen molar-refractivity contribution in [3.8, 4) is 0 Å². The Morgan fingerprint density at radius 1 is 1.33 bits per heavy atom. The minimum absolute atomic E-state index is 0.221. The van der Waals surface area contributed by atoms with Gasteiger partial charge in [-0.25, -0.2) is 0 Å². The predicted molar refractivity (Wildman–Crippen MR) is 97.8 cm³/mol. The third kappa shape index (κ3) is 4.32. The fourth-order valence-electron chi connectivity index (χ4n) is 3.31. The summed E-state index contributed by atoms with van der Waals surface area (Å²) >= 11 is 1.33. The van der Waals surface area contributed by atoms with Gasteiger partial charge in [-0.1, -0.05) is 25.1 Å².